The van der Waals surface area contributed by atoms with Crippen molar-refractivity contribution in [2.45, 2.75) is 23.8 Å². The van der Waals surface area contributed by atoms with Crippen LogP contribution in [0.15, 0.2) is 47.4 Å². The number of hydrogen-bond donors (Lipinski definition) is 1. The molecule has 1 aliphatic rings. The summed E-state index contributed by atoms with van der Waals surface area (Å²) in [5, 5.41) is 10.9. The van der Waals surface area contributed by atoms with Crippen LogP contribution in [0.2, 0.25) is 0 Å². The minimum atomic E-state index is -4.10. The molecule has 2 N–H and O–H groups in total. The van der Waals surface area contributed by atoms with E-state index < -0.39 is 20.7 Å². The molecule has 2 aromatic rings. The summed E-state index contributed by atoms with van der Waals surface area (Å²) in [6.07, 6.45) is 2.27. The molecule has 0 spiro atoms. The van der Waals surface area contributed by atoms with Crippen molar-refractivity contribution >= 4 is 27.2 Å². The number of rotatable bonds is 6. The number of anilines is 2. The van der Waals surface area contributed by atoms with Crippen molar-refractivity contribution in [2.24, 2.45) is 0 Å². The van der Waals surface area contributed by atoms with Gasteiger partial charge in [-0.25, -0.2) is 0 Å². The predicted molar refractivity (Wildman–Crippen MR) is 93.2 cm³/mol. The van der Waals surface area contributed by atoms with Gasteiger partial charge in [-0.1, -0.05) is 0 Å². The summed E-state index contributed by atoms with van der Waals surface area (Å²) in [6.45, 7) is 0. The highest BCUT2D eigenvalue weighted by Crippen LogP contribution is 2.31. The highest BCUT2D eigenvalue weighted by molar-refractivity contribution is 7.87. The Morgan fingerprint density at radius 1 is 1.20 bits per heavy atom. The standard InChI is InChI=1S/C16H17N3O5S/c1-18(11-2-3-11)12-4-7-14(8-5-12)25(22,23)24-13-6-9-15(17)16(10-13)19(20)21/h4-11H,2-3,17H2,1H3. The molecule has 8 nitrogen and oxygen atoms in total. The summed E-state index contributed by atoms with van der Waals surface area (Å²) in [5.74, 6) is -0.167. The molecule has 0 aliphatic heterocycles. The molecule has 0 atom stereocenters. The summed E-state index contributed by atoms with van der Waals surface area (Å²) >= 11 is 0. The maximum Gasteiger partial charge on any atom is 0.339 e. The van der Waals surface area contributed by atoms with Gasteiger partial charge in [0.15, 0.2) is 0 Å². The van der Waals surface area contributed by atoms with Gasteiger partial charge in [-0.05, 0) is 49.2 Å². The summed E-state index contributed by atoms with van der Waals surface area (Å²) in [4.78, 5) is 12.3. The second-order valence-corrected chi connectivity index (χ2v) is 7.40. The fourth-order valence-electron chi connectivity index (χ4n) is 2.43. The molecule has 0 bridgehead atoms. The fourth-order valence-corrected chi connectivity index (χ4v) is 3.35. The number of nitrogens with zero attached hydrogens (tertiary/aromatic N) is 2. The van der Waals surface area contributed by atoms with E-state index in [0.29, 0.717) is 6.04 Å². The average molecular weight is 363 g/mol. The van der Waals surface area contributed by atoms with Crippen molar-refractivity contribution < 1.29 is 17.5 Å². The van der Waals surface area contributed by atoms with E-state index in [-0.39, 0.29) is 16.3 Å². The smallest absolute Gasteiger partial charge is 0.339 e. The van der Waals surface area contributed by atoms with Gasteiger partial charge in [-0.2, -0.15) is 8.42 Å². The van der Waals surface area contributed by atoms with Gasteiger partial charge in [0.05, 0.1) is 11.0 Å². The number of nitro benzene ring substituents is 1. The Kier molecular flexibility index (Phi) is 4.25. The Morgan fingerprint density at radius 2 is 1.84 bits per heavy atom. The lowest BCUT2D eigenvalue weighted by atomic mass is 10.2. The van der Waals surface area contributed by atoms with Gasteiger partial charge in [-0.15, -0.1) is 0 Å². The van der Waals surface area contributed by atoms with Crippen molar-refractivity contribution in [3.8, 4) is 5.75 Å². The van der Waals surface area contributed by atoms with Crippen LogP contribution in [0.1, 0.15) is 12.8 Å². The third kappa shape index (κ3) is 3.66. The minimum absolute atomic E-state index is 0.0278. The molecule has 1 fully saturated rings. The highest BCUT2D eigenvalue weighted by Gasteiger charge is 2.27. The SMILES string of the molecule is CN(c1ccc(S(=O)(=O)Oc2ccc(N)c([N+](=O)[O-])c2)cc1)C1CC1. The van der Waals surface area contributed by atoms with E-state index in [2.05, 4.69) is 4.90 Å². The second-order valence-electron chi connectivity index (χ2n) is 5.85. The zero-order valence-corrected chi connectivity index (χ0v) is 14.3. The van der Waals surface area contributed by atoms with Crippen LogP contribution < -0.4 is 14.8 Å². The van der Waals surface area contributed by atoms with Gasteiger partial charge >= 0.3 is 10.1 Å². The molecule has 0 radical (unpaired) electrons. The van der Waals surface area contributed by atoms with E-state index in [9.17, 15) is 18.5 Å². The number of nitrogens with two attached hydrogens (primary N) is 1. The van der Waals surface area contributed by atoms with Crippen molar-refractivity contribution in [1.29, 1.82) is 0 Å². The quantitative estimate of drug-likeness (QED) is 0.363. The zero-order valence-electron chi connectivity index (χ0n) is 13.5. The maximum atomic E-state index is 12.4. The van der Waals surface area contributed by atoms with E-state index >= 15 is 0 Å². The first-order chi connectivity index (χ1) is 11.8. The third-order valence-electron chi connectivity index (χ3n) is 4.03. The van der Waals surface area contributed by atoms with Crippen molar-refractivity contribution in [3.05, 3.63) is 52.6 Å². The summed E-state index contributed by atoms with van der Waals surface area (Å²) in [6, 6.07) is 10.3. The Morgan fingerprint density at radius 3 is 2.40 bits per heavy atom. The monoisotopic (exact) mass is 363 g/mol. The lowest BCUT2D eigenvalue weighted by molar-refractivity contribution is -0.383. The first kappa shape index (κ1) is 17.0. The van der Waals surface area contributed by atoms with E-state index in [0.717, 1.165) is 24.6 Å². The van der Waals surface area contributed by atoms with Crippen LogP contribution in [-0.4, -0.2) is 26.4 Å². The molecular weight excluding hydrogens is 346 g/mol. The molecule has 1 aliphatic carbocycles. The van der Waals surface area contributed by atoms with E-state index in [1.165, 1.54) is 24.3 Å². The third-order valence-corrected chi connectivity index (χ3v) is 5.29. The van der Waals surface area contributed by atoms with E-state index in [1.807, 2.05) is 7.05 Å². The Hall–Kier alpha value is -2.81. The van der Waals surface area contributed by atoms with E-state index in [1.54, 1.807) is 12.1 Å². The summed E-state index contributed by atoms with van der Waals surface area (Å²) in [5.41, 5.74) is 5.93. The molecule has 1 saturated carbocycles. The fraction of sp³-hybridized carbons (Fsp3) is 0.250. The van der Waals surface area contributed by atoms with Gasteiger partial charge in [0.1, 0.15) is 16.3 Å². The predicted octanol–water partition coefficient (Wildman–Crippen LogP) is 2.54. The molecule has 2 aromatic carbocycles. The Bertz CT molecular complexity index is 908. The van der Waals surface area contributed by atoms with Crippen molar-refractivity contribution in [2.75, 3.05) is 17.7 Å². The number of nitro groups is 1. The molecule has 0 saturated heterocycles. The molecule has 0 heterocycles. The van der Waals surface area contributed by atoms with Gasteiger partial charge in [0, 0.05) is 18.8 Å². The molecule has 0 amide bonds. The van der Waals surface area contributed by atoms with Crippen LogP contribution in [0.5, 0.6) is 5.75 Å². The molecule has 132 valence electrons. The van der Waals surface area contributed by atoms with Crippen LogP contribution >= 0.6 is 0 Å². The molecule has 0 unspecified atom stereocenters. The summed E-state index contributed by atoms with van der Waals surface area (Å²) < 4.78 is 29.7. The maximum absolute atomic E-state index is 12.4. The first-order valence-electron chi connectivity index (χ1n) is 7.59. The van der Waals surface area contributed by atoms with Gasteiger partial charge < -0.3 is 14.8 Å². The van der Waals surface area contributed by atoms with Crippen LogP contribution in [0.3, 0.4) is 0 Å². The number of nitrogen functional groups attached to an aromatic ring is 1. The normalized spacial score (nSPS) is 14.1. The molecule has 3 rings (SSSR count). The highest BCUT2D eigenvalue weighted by atomic mass is 32.2. The summed E-state index contributed by atoms with van der Waals surface area (Å²) in [7, 11) is -2.13. The van der Waals surface area contributed by atoms with Crippen LogP contribution in [0.4, 0.5) is 17.1 Å². The molecule has 25 heavy (non-hydrogen) atoms. The Balaban J connectivity index is 1.82. The van der Waals surface area contributed by atoms with Gasteiger partial charge in [0.25, 0.3) is 5.69 Å². The average Bonchev–Trinajstić information content (AvgIpc) is 3.40. The molecule has 9 heteroatoms. The van der Waals surface area contributed by atoms with Crippen molar-refractivity contribution in [1.82, 2.24) is 0 Å². The molecule has 0 aromatic heterocycles. The first-order valence-corrected chi connectivity index (χ1v) is 9.00. The Labute approximate surface area is 145 Å². The van der Waals surface area contributed by atoms with E-state index in [4.69, 9.17) is 9.92 Å². The van der Waals surface area contributed by atoms with Crippen LogP contribution in [-0.2, 0) is 10.1 Å². The number of benzene rings is 2. The van der Waals surface area contributed by atoms with Gasteiger partial charge in [-0.3, -0.25) is 10.1 Å². The lowest BCUT2D eigenvalue weighted by Gasteiger charge is -2.18. The van der Waals surface area contributed by atoms with Crippen LogP contribution in [0.25, 0.3) is 0 Å². The number of hydrogen-bond acceptors (Lipinski definition) is 7. The largest absolute Gasteiger partial charge is 0.393 e. The molecular formula is C16H17N3O5S. The topological polar surface area (TPSA) is 116 Å². The second kappa shape index (κ2) is 6.25. The van der Waals surface area contributed by atoms with Gasteiger partial charge in [0.2, 0.25) is 0 Å². The zero-order chi connectivity index (χ0) is 18.2. The van der Waals surface area contributed by atoms with Crippen molar-refractivity contribution in [3.63, 3.8) is 0 Å². The minimum Gasteiger partial charge on any atom is -0.393 e. The lowest BCUT2D eigenvalue weighted by Crippen LogP contribution is -2.19. The van der Waals surface area contributed by atoms with Crippen LogP contribution in [0, 0.1) is 10.1 Å².